The highest BCUT2D eigenvalue weighted by Gasteiger charge is 2.71. The molecule has 2 N–H and O–H groups in total. The molecule has 0 aromatic carbocycles. The molecular formula is C14H24F3O6PS. The Labute approximate surface area is 147 Å². The van der Waals surface area contributed by atoms with Gasteiger partial charge in [-0.15, -0.1) is 0 Å². The van der Waals surface area contributed by atoms with Crippen LogP contribution in [0.1, 0.15) is 32.1 Å². The largest absolute Gasteiger partial charge is 0.406 e. The van der Waals surface area contributed by atoms with Crippen molar-refractivity contribution in [3.63, 3.8) is 0 Å². The minimum atomic E-state index is -5.81. The van der Waals surface area contributed by atoms with E-state index in [0.29, 0.717) is 13.0 Å². The first kappa shape index (κ1) is 21.3. The van der Waals surface area contributed by atoms with Crippen molar-refractivity contribution in [3.05, 3.63) is 0 Å². The second-order valence-corrected chi connectivity index (χ2v) is 8.94. The Hall–Kier alpha value is 0.01000. The molecule has 3 aliphatic rings. The van der Waals surface area contributed by atoms with Crippen LogP contribution in [0.5, 0.6) is 0 Å². The third kappa shape index (κ3) is 3.71. The normalized spacial score (nSPS) is 37.5. The van der Waals surface area contributed by atoms with E-state index in [4.69, 9.17) is 19.1 Å². The highest BCUT2D eigenvalue weighted by molar-refractivity contribution is 7.87. The smallest absolute Gasteiger partial charge is 0.400 e. The predicted molar refractivity (Wildman–Crippen MR) is 86.4 cm³/mol. The molecule has 2 saturated carbocycles. The van der Waals surface area contributed by atoms with Crippen molar-refractivity contribution < 1.29 is 40.7 Å². The first-order valence-corrected chi connectivity index (χ1v) is 10.1. The molecule has 0 spiro atoms. The minimum Gasteiger partial charge on any atom is -0.400 e. The molecule has 1 saturated heterocycles. The van der Waals surface area contributed by atoms with Crippen LogP contribution >= 0.6 is 9.24 Å². The summed E-state index contributed by atoms with van der Waals surface area (Å²) in [7, 11) is -3.52. The van der Waals surface area contributed by atoms with Gasteiger partial charge in [0.25, 0.3) is 0 Å². The van der Waals surface area contributed by atoms with E-state index in [1.54, 1.807) is 0 Å². The van der Waals surface area contributed by atoms with Crippen molar-refractivity contribution in [2.75, 3.05) is 13.7 Å². The van der Waals surface area contributed by atoms with Gasteiger partial charge in [-0.1, -0.05) is 9.24 Å². The molecule has 6 nitrogen and oxygen atoms in total. The van der Waals surface area contributed by atoms with Crippen LogP contribution in [0.25, 0.3) is 0 Å². The molecule has 25 heavy (non-hydrogen) atoms. The van der Waals surface area contributed by atoms with Gasteiger partial charge < -0.3 is 14.6 Å². The summed E-state index contributed by atoms with van der Waals surface area (Å²) in [6, 6.07) is 0. The predicted octanol–water partition coefficient (Wildman–Crippen LogP) is 2.18. The van der Waals surface area contributed by atoms with Crippen LogP contribution in [0.15, 0.2) is 0 Å². The molecule has 11 heteroatoms. The molecule has 1 aliphatic heterocycles. The van der Waals surface area contributed by atoms with E-state index in [1.165, 1.54) is 9.24 Å². The second kappa shape index (κ2) is 7.56. The molecule has 7 unspecified atom stereocenters. The first-order valence-electron chi connectivity index (χ1n) is 8.10. The molecule has 148 valence electrons. The Balaban J connectivity index is 0.00000109. The Kier molecular flexibility index (Phi) is 6.44. The molecule has 3 rings (SSSR count). The Morgan fingerprint density at radius 3 is 2.24 bits per heavy atom. The van der Waals surface area contributed by atoms with Crippen LogP contribution in [0.4, 0.5) is 13.2 Å². The minimum absolute atomic E-state index is 0.0570. The lowest BCUT2D eigenvalue weighted by molar-refractivity contribution is -0.270. The van der Waals surface area contributed by atoms with Gasteiger partial charge in [0, 0.05) is 19.6 Å². The van der Waals surface area contributed by atoms with Gasteiger partial charge in [-0.3, -0.25) is 4.55 Å². The quantitative estimate of drug-likeness (QED) is 0.535. The number of hydrogen-bond donors (Lipinski definition) is 2. The summed E-state index contributed by atoms with van der Waals surface area (Å²) in [5.41, 5.74) is 0. The number of hydrogen-bond acceptors (Lipinski definition) is 5. The maximum absolute atomic E-state index is 14.5. The lowest BCUT2D eigenvalue weighted by Crippen LogP contribution is -2.65. The van der Waals surface area contributed by atoms with Crippen LogP contribution in [0, 0.1) is 17.8 Å². The lowest BCUT2D eigenvalue weighted by atomic mass is 9.50. The summed E-state index contributed by atoms with van der Waals surface area (Å²) in [6.45, 7) is 0.633. The Morgan fingerprint density at radius 2 is 1.80 bits per heavy atom. The summed E-state index contributed by atoms with van der Waals surface area (Å²) in [5, 5.41) is -1.23. The van der Waals surface area contributed by atoms with Crippen LogP contribution < -0.4 is 0 Å². The third-order valence-corrected chi connectivity index (χ3v) is 7.31. The van der Waals surface area contributed by atoms with E-state index in [0.717, 1.165) is 26.4 Å². The van der Waals surface area contributed by atoms with Gasteiger partial charge in [-0.05, 0) is 43.9 Å². The summed E-state index contributed by atoms with van der Waals surface area (Å²) in [6.07, 6.45) is 2.84. The van der Waals surface area contributed by atoms with Gasteiger partial charge in [-0.25, -0.2) is 4.39 Å². The van der Waals surface area contributed by atoms with E-state index in [2.05, 4.69) is 0 Å². The fourth-order valence-electron chi connectivity index (χ4n) is 3.83. The summed E-state index contributed by atoms with van der Waals surface area (Å²) in [4.78, 5) is 0. The average Bonchev–Trinajstić information content (AvgIpc) is 2.53. The van der Waals surface area contributed by atoms with Crippen molar-refractivity contribution in [2.45, 2.75) is 55.2 Å². The van der Waals surface area contributed by atoms with Gasteiger partial charge in [0.2, 0.25) is 5.41 Å². The molecule has 2 aliphatic carbocycles. The van der Waals surface area contributed by atoms with Gasteiger partial charge >= 0.3 is 15.4 Å². The standard InChI is InChI=1S/C13H20F3O5PS.CH4O/c14-12(22,13(15,16)23(17,18)19)9-5-8-7(9)6-10(8)21-11-3-1-2-4-20-11;1-2/h7-11H,1-6,22H2,(H,17,18,19);2H,1H3. The molecule has 0 amide bonds. The van der Waals surface area contributed by atoms with Crippen LogP contribution in [0.2, 0.25) is 0 Å². The van der Waals surface area contributed by atoms with Crippen LogP contribution in [0.3, 0.4) is 0 Å². The molecule has 1 heterocycles. The first-order chi connectivity index (χ1) is 11.6. The zero-order valence-corrected chi connectivity index (χ0v) is 15.7. The fourth-order valence-corrected chi connectivity index (χ4v) is 5.20. The Morgan fingerprint density at radius 1 is 1.16 bits per heavy atom. The summed E-state index contributed by atoms with van der Waals surface area (Å²) < 4.78 is 83.3. The molecule has 7 atom stereocenters. The molecule has 0 aromatic rings. The fraction of sp³-hybridized carbons (Fsp3) is 1.00. The number of aliphatic hydroxyl groups excluding tert-OH is 1. The maximum Gasteiger partial charge on any atom is 0.406 e. The number of halogens is 3. The van der Waals surface area contributed by atoms with Gasteiger partial charge in [0.05, 0.1) is 6.10 Å². The van der Waals surface area contributed by atoms with Crippen molar-refractivity contribution in [1.29, 1.82) is 0 Å². The SMILES string of the molecule is CO.O=S(=O)(O)C(F)(F)C(F)(P)C1CC2C(OC3CCCCO3)CC21. The van der Waals surface area contributed by atoms with Crippen molar-refractivity contribution in [3.8, 4) is 0 Å². The van der Waals surface area contributed by atoms with Gasteiger partial charge in [0.15, 0.2) is 6.29 Å². The lowest BCUT2D eigenvalue weighted by Gasteiger charge is -2.61. The summed E-state index contributed by atoms with van der Waals surface area (Å²) >= 11 is 0. The monoisotopic (exact) mass is 408 g/mol. The number of rotatable bonds is 5. The number of fused-ring (bicyclic) bond motifs is 1. The van der Waals surface area contributed by atoms with Gasteiger partial charge in [0.1, 0.15) is 0 Å². The van der Waals surface area contributed by atoms with Crippen LogP contribution in [-0.2, 0) is 19.6 Å². The molecular weight excluding hydrogens is 384 g/mol. The van der Waals surface area contributed by atoms with E-state index < -0.39 is 26.7 Å². The topological polar surface area (TPSA) is 93.1 Å². The average molecular weight is 408 g/mol. The summed E-state index contributed by atoms with van der Waals surface area (Å²) in [5.74, 6) is -1.56. The maximum atomic E-state index is 14.5. The van der Waals surface area contributed by atoms with E-state index >= 15 is 0 Å². The van der Waals surface area contributed by atoms with E-state index in [9.17, 15) is 21.6 Å². The molecule has 0 bridgehead atoms. The number of aliphatic hydroxyl groups is 1. The number of ether oxygens (including phenoxy) is 2. The van der Waals surface area contributed by atoms with Crippen molar-refractivity contribution >= 4 is 19.4 Å². The van der Waals surface area contributed by atoms with Crippen molar-refractivity contribution in [2.24, 2.45) is 17.8 Å². The van der Waals surface area contributed by atoms with E-state index in [1.807, 2.05) is 0 Å². The molecule has 0 aromatic heterocycles. The number of alkyl halides is 3. The van der Waals surface area contributed by atoms with E-state index in [-0.39, 0.29) is 30.7 Å². The zero-order chi connectivity index (χ0) is 19.0. The molecule has 0 radical (unpaired) electrons. The third-order valence-electron chi connectivity index (χ3n) is 5.35. The van der Waals surface area contributed by atoms with Crippen LogP contribution in [-0.4, -0.2) is 54.9 Å². The highest BCUT2D eigenvalue weighted by Crippen LogP contribution is 2.64. The highest BCUT2D eigenvalue weighted by atomic mass is 32.2. The van der Waals surface area contributed by atoms with Gasteiger partial charge in [-0.2, -0.15) is 17.2 Å². The molecule has 3 fully saturated rings. The Bertz CT molecular complexity index is 567. The van der Waals surface area contributed by atoms with Crippen molar-refractivity contribution in [1.82, 2.24) is 0 Å². The zero-order valence-electron chi connectivity index (χ0n) is 13.8. The second-order valence-electron chi connectivity index (χ2n) is 6.64.